The molecule has 3 rings (SSSR count). The molecular weight excluding hydrogens is 342 g/mol. The van der Waals surface area contributed by atoms with Crippen LogP contribution in [-0.4, -0.2) is 50.3 Å². The highest BCUT2D eigenvalue weighted by Gasteiger charge is 2.16. The fraction of sp³-hybridized carbons (Fsp3) is 0.375. The van der Waals surface area contributed by atoms with Crippen LogP contribution in [-0.2, 0) is 13.7 Å². The molecule has 1 saturated heterocycles. The molecule has 0 aliphatic carbocycles. The third-order valence-corrected chi connectivity index (χ3v) is 4.81. The van der Waals surface area contributed by atoms with Gasteiger partial charge < -0.3 is 19.8 Å². The predicted octanol–water partition coefficient (Wildman–Crippen LogP) is 2.62. The van der Waals surface area contributed by atoms with E-state index in [-0.39, 0.29) is 12.4 Å². The lowest BCUT2D eigenvalue weighted by Gasteiger charge is -2.23. The van der Waals surface area contributed by atoms with Crippen molar-refractivity contribution >= 4 is 29.6 Å². The molecule has 2 aromatic rings. The van der Waals surface area contributed by atoms with Crippen LogP contribution in [0.25, 0.3) is 0 Å². The van der Waals surface area contributed by atoms with Gasteiger partial charge in [-0.25, -0.2) is 14.5 Å². The van der Waals surface area contributed by atoms with Crippen LogP contribution in [0.4, 0.5) is 11.5 Å². The summed E-state index contributed by atoms with van der Waals surface area (Å²) in [6.45, 7) is 2.23. The quantitative estimate of drug-likeness (QED) is 0.340. The molecule has 0 N–H and O–H groups in total. The van der Waals surface area contributed by atoms with Crippen LogP contribution in [0.15, 0.2) is 35.5 Å². The van der Waals surface area contributed by atoms with E-state index in [0.717, 1.165) is 30.3 Å². The second-order valence-corrected chi connectivity index (χ2v) is 6.75. The number of ether oxygens (including phenoxy) is 1. The van der Waals surface area contributed by atoms with E-state index in [0.29, 0.717) is 11.6 Å². The molecule has 8 nitrogen and oxygen atoms in total. The average Bonchev–Trinajstić information content (AvgIpc) is 3.01. The Balaban J connectivity index is 1.55. The number of hydrogen-bond acceptors (Lipinski definition) is 6. The van der Waals surface area contributed by atoms with Gasteiger partial charge in [-0.15, -0.1) is 0 Å². The van der Waals surface area contributed by atoms with E-state index < -0.39 is 4.92 Å². The van der Waals surface area contributed by atoms with Gasteiger partial charge in [0.2, 0.25) is 5.82 Å². The first kappa shape index (κ1) is 17.3. The van der Waals surface area contributed by atoms with E-state index in [1.165, 1.54) is 10.8 Å². The first-order chi connectivity index (χ1) is 12.1. The summed E-state index contributed by atoms with van der Waals surface area (Å²) in [5.74, 6) is 3.39. The summed E-state index contributed by atoms with van der Waals surface area (Å²) >= 11 is 1.97. The summed E-state index contributed by atoms with van der Waals surface area (Å²) < 4.78 is 7.06. The van der Waals surface area contributed by atoms with Gasteiger partial charge >= 0.3 is 5.82 Å². The largest absolute Gasteiger partial charge is 0.483 e. The molecule has 0 saturated carbocycles. The van der Waals surface area contributed by atoms with Crippen molar-refractivity contribution in [3.8, 4) is 5.75 Å². The van der Waals surface area contributed by atoms with Crippen molar-refractivity contribution in [1.82, 2.24) is 14.5 Å². The minimum Gasteiger partial charge on any atom is -0.483 e. The number of aromatic nitrogens is 2. The van der Waals surface area contributed by atoms with Crippen molar-refractivity contribution in [2.75, 3.05) is 24.6 Å². The smallest absolute Gasteiger partial charge is 0.342 e. The molecule has 1 fully saturated rings. The van der Waals surface area contributed by atoms with Gasteiger partial charge in [-0.1, -0.05) is 0 Å². The molecule has 0 amide bonds. The minimum absolute atomic E-state index is 0.0561. The standard InChI is InChI=1S/C16H19N5O3S/c1-19-15(17-10-16(19)21(22)23)11-24-14-4-2-13(3-5-14)18-12-20-6-8-25-9-7-20/h2-5,10,12H,6-9,11H2,1H3/b18-12+. The molecule has 1 aromatic heterocycles. The van der Waals surface area contributed by atoms with Gasteiger partial charge in [0.15, 0.2) is 6.61 Å². The number of hydrogen-bond donors (Lipinski definition) is 0. The zero-order chi connectivity index (χ0) is 17.6. The summed E-state index contributed by atoms with van der Waals surface area (Å²) in [5, 5.41) is 10.8. The molecule has 1 aliphatic heterocycles. The maximum absolute atomic E-state index is 10.8. The summed E-state index contributed by atoms with van der Waals surface area (Å²) in [6.07, 6.45) is 3.12. The van der Waals surface area contributed by atoms with Gasteiger partial charge in [0.25, 0.3) is 0 Å². The van der Waals surface area contributed by atoms with E-state index in [4.69, 9.17) is 4.74 Å². The Labute approximate surface area is 149 Å². The molecule has 1 aromatic carbocycles. The number of nitrogens with zero attached hydrogens (tertiary/aromatic N) is 5. The monoisotopic (exact) mass is 361 g/mol. The van der Waals surface area contributed by atoms with E-state index >= 15 is 0 Å². The van der Waals surface area contributed by atoms with Gasteiger partial charge in [-0.2, -0.15) is 11.8 Å². The molecule has 1 aliphatic rings. The van der Waals surface area contributed by atoms with Crippen molar-refractivity contribution in [3.63, 3.8) is 0 Å². The van der Waals surface area contributed by atoms with Crippen molar-refractivity contribution < 1.29 is 9.66 Å². The summed E-state index contributed by atoms with van der Waals surface area (Å²) in [7, 11) is 1.60. The molecule has 25 heavy (non-hydrogen) atoms. The molecule has 2 heterocycles. The van der Waals surface area contributed by atoms with Crippen LogP contribution in [0.5, 0.6) is 5.75 Å². The normalized spacial score (nSPS) is 14.8. The van der Waals surface area contributed by atoms with E-state index in [1.807, 2.05) is 42.4 Å². The molecule has 132 valence electrons. The lowest BCUT2D eigenvalue weighted by Crippen LogP contribution is -2.31. The van der Waals surface area contributed by atoms with Gasteiger partial charge in [0.05, 0.1) is 19.1 Å². The number of benzene rings is 1. The molecule has 0 atom stereocenters. The lowest BCUT2D eigenvalue weighted by atomic mass is 10.3. The molecule has 0 radical (unpaired) electrons. The first-order valence-corrected chi connectivity index (χ1v) is 9.03. The van der Waals surface area contributed by atoms with Crippen molar-refractivity contribution in [3.05, 3.63) is 46.4 Å². The van der Waals surface area contributed by atoms with Crippen LogP contribution in [0.2, 0.25) is 0 Å². The van der Waals surface area contributed by atoms with Gasteiger partial charge in [-0.05, 0) is 29.2 Å². The van der Waals surface area contributed by atoms with Crippen LogP contribution >= 0.6 is 11.8 Å². The second kappa shape index (κ2) is 8.02. The van der Waals surface area contributed by atoms with Crippen molar-refractivity contribution in [2.45, 2.75) is 6.61 Å². The Hall–Kier alpha value is -2.55. The second-order valence-electron chi connectivity index (χ2n) is 5.52. The van der Waals surface area contributed by atoms with Crippen molar-refractivity contribution in [2.24, 2.45) is 12.0 Å². The highest BCUT2D eigenvalue weighted by Crippen LogP contribution is 2.20. The summed E-state index contributed by atoms with van der Waals surface area (Å²) in [6, 6.07) is 7.42. The number of thioether (sulfide) groups is 1. The molecule has 0 unspecified atom stereocenters. The summed E-state index contributed by atoms with van der Waals surface area (Å²) in [5.41, 5.74) is 0.859. The Kier molecular flexibility index (Phi) is 5.54. The topological polar surface area (TPSA) is 85.8 Å². The van der Waals surface area contributed by atoms with E-state index in [9.17, 15) is 10.1 Å². The SMILES string of the molecule is Cn1c([N+](=O)[O-])cnc1COc1ccc(/N=C/N2CCSCC2)cc1. The maximum Gasteiger partial charge on any atom is 0.342 e. The fourth-order valence-electron chi connectivity index (χ4n) is 2.36. The number of nitro groups is 1. The number of imidazole rings is 1. The van der Waals surface area contributed by atoms with E-state index in [2.05, 4.69) is 14.9 Å². The Bertz CT molecular complexity index is 754. The highest BCUT2D eigenvalue weighted by atomic mass is 32.2. The van der Waals surface area contributed by atoms with Crippen LogP contribution < -0.4 is 4.74 Å². The third-order valence-electron chi connectivity index (χ3n) is 3.87. The number of aliphatic imine (C=N–C) groups is 1. The molecular formula is C16H19N5O3S. The number of rotatable bonds is 6. The molecule has 0 bridgehead atoms. The fourth-order valence-corrected chi connectivity index (χ4v) is 3.29. The predicted molar refractivity (Wildman–Crippen MR) is 97.7 cm³/mol. The van der Waals surface area contributed by atoms with Crippen LogP contribution in [0, 0.1) is 10.1 Å². The van der Waals surface area contributed by atoms with Gasteiger partial charge in [0.1, 0.15) is 11.9 Å². The van der Waals surface area contributed by atoms with Gasteiger partial charge in [0, 0.05) is 24.6 Å². The van der Waals surface area contributed by atoms with Gasteiger partial charge in [-0.3, -0.25) is 0 Å². The van der Waals surface area contributed by atoms with Crippen LogP contribution in [0.1, 0.15) is 5.82 Å². The lowest BCUT2D eigenvalue weighted by molar-refractivity contribution is -0.391. The Morgan fingerprint density at radius 2 is 2.08 bits per heavy atom. The molecule has 9 heteroatoms. The van der Waals surface area contributed by atoms with Crippen molar-refractivity contribution in [1.29, 1.82) is 0 Å². The zero-order valence-electron chi connectivity index (χ0n) is 13.9. The van der Waals surface area contributed by atoms with Crippen LogP contribution in [0.3, 0.4) is 0 Å². The minimum atomic E-state index is -0.468. The Morgan fingerprint density at radius 1 is 1.36 bits per heavy atom. The average molecular weight is 361 g/mol. The Morgan fingerprint density at radius 3 is 2.72 bits per heavy atom. The summed E-state index contributed by atoms with van der Waals surface area (Å²) in [4.78, 5) is 21.0. The first-order valence-electron chi connectivity index (χ1n) is 7.87. The highest BCUT2D eigenvalue weighted by molar-refractivity contribution is 7.99. The van der Waals surface area contributed by atoms with E-state index in [1.54, 1.807) is 7.05 Å². The third kappa shape index (κ3) is 4.50. The zero-order valence-corrected chi connectivity index (χ0v) is 14.7. The molecule has 0 spiro atoms. The maximum atomic E-state index is 10.8.